The first-order chi connectivity index (χ1) is 11.9. The predicted octanol–water partition coefficient (Wildman–Crippen LogP) is 0.665. The fraction of sp³-hybridized carbons (Fsp3) is 0.471. The van der Waals surface area contributed by atoms with Gasteiger partial charge in [0.05, 0.1) is 11.8 Å². The smallest absolute Gasteiger partial charge is 0.267 e. The van der Waals surface area contributed by atoms with Crippen LogP contribution < -0.4 is 16.1 Å². The fourth-order valence-electron chi connectivity index (χ4n) is 3.19. The molecule has 4 N–H and O–H groups in total. The van der Waals surface area contributed by atoms with E-state index in [0.29, 0.717) is 31.4 Å². The van der Waals surface area contributed by atoms with E-state index in [1.165, 1.54) is 29.3 Å². The number of primary amides is 1. The lowest BCUT2D eigenvalue weighted by Gasteiger charge is -2.26. The molecule has 1 unspecified atom stereocenters. The standard InChI is InChI=1S/C17H21FN4O3/c18-10-1-5-12(6-2-10)22-15(16(19)24)9-14(21-22)17(25)20-11-3-7-13(23)8-4-11/h1-2,5-6,11,13,15,23H,3-4,7-9H2,(H2,19,24)(H,20,25). The summed E-state index contributed by atoms with van der Waals surface area (Å²) in [4.78, 5) is 24.2. The molecule has 0 bridgehead atoms. The van der Waals surface area contributed by atoms with Crippen molar-refractivity contribution in [1.29, 1.82) is 0 Å². The summed E-state index contributed by atoms with van der Waals surface area (Å²) in [5, 5.41) is 18.0. The first-order valence-corrected chi connectivity index (χ1v) is 8.34. The van der Waals surface area contributed by atoms with E-state index in [1.807, 2.05) is 0 Å². The van der Waals surface area contributed by atoms with E-state index < -0.39 is 17.8 Å². The maximum absolute atomic E-state index is 13.1. The molecule has 25 heavy (non-hydrogen) atoms. The van der Waals surface area contributed by atoms with Crippen molar-refractivity contribution >= 4 is 23.2 Å². The summed E-state index contributed by atoms with van der Waals surface area (Å²) in [6.07, 6.45) is 2.53. The third-order valence-corrected chi connectivity index (χ3v) is 4.62. The predicted molar refractivity (Wildman–Crippen MR) is 90.3 cm³/mol. The Morgan fingerprint density at radius 3 is 2.44 bits per heavy atom. The minimum atomic E-state index is -0.778. The molecule has 1 aromatic rings. The van der Waals surface area contributed by atoms with Gasteiger partial charge in [0.15, 0.2) is 0 Å². The maximum atomic E-state index is 13.1. The molecule has 2 aliphatic rings. The van der Waals surface area contributed by atoms with Crippen molar-refractivity contribution in [2.75, 3.05) is 5.01 Å². The van der Waals surface area contributed by atoms with Crippen LogP contribution in [-0.4, -0.2) is 40.8 Å². The molecule has 3 rings (SSSR count). The van der Waals surface area contributed by atoms with Gasteiger partial charge in [-0.05, 0) is 49.9 Å². The van der Waals surface area contributed by atoms with Crippen molar-refractivity contribution in [3.8, 4) is 0 Å². The number of hydrogen-bond acceptors (Lipinski definition) is 5. The van der Waals surface area contributed by atoms with Crippen LogP contribution in [0, 0.1) is 5.82 Å². The number of nitrogens with two attached hydrogens (primary N) is 1. The van der Waals surface area contributed by atoms with Crippen LogP contribution in [0.1, 0.15) is 32.1 Å². The molecule has 1 atom stereocenters. The Kier molecular flexibility index (Phi) is 4.98. The van der Waals surface area contributed by atoms with Gasteiger partial charge in [0.1, 0.15) is 17.6 Å². The highest BCUT2D eigenvalue weighted by atomic mass is 19.1. The van der Waals surface area contributed by atoms with Gasteiger partial charge in [0, 0.05) is 12.5 Å². The molecule has 1 heterocycles. The lowest BCUT2D eigenvalue weighted by molar-refractivity contribution is -0.119. The number of aliphatic hydroxyl groups is 1. The van der Waals surface area contributed by atoms with E-state index in [1.54, 1.807) is 0 Å². The third-order valence-electron chi connectivity index (χ3n) is 4.62. The van der Waals surface area contributed by atoms with E-state index in [0.717, 1.165) is 0 Å². The zero-order valence-electron chi connectivity index (χ0n) is 13.7. The average Bonchev–Trinajstić information content (AvgIpc) is 3.03. The maximum Gasteiger partial charge on any atom is 0.267 e. The molecule has 1 aliphatic carbocycles. The Bertz CT molecular complexity index is 684. The molecular formula is C17H21FN4O3. The van der Waals surface area contributed by atoms with Crippen LogP contribution in [0.5, 0.6) is 0 Å². The van der Waals surface area contributed by atoms with Crippen molar-refractivity contribution in [3.63, 3.8) is 0 Å². The van der Waals surface area contributed by atoms with Crippen LogP contribution in [0.4, 0.5) is 10.1 Å². The Morgan fingerprint density at radius 2 is 1.84 bits per heavy atom. The van der Waals surface area contributed by atoms with Crippen LogP contribution >= 0.6 is 0 Å². The summed E-state index contributed by atoms with van der Waals surface area (Å²) in [6.45, 7) is 0. The first-order valence-electron chi connectivity index (χ1n) is 8.34. The Labute approximate surface area is 144 Å². The highest BCUT2D eigenvalue weighted by Gasteiger charge is 2.35. The quantitative estimate of drug-likeness (QED) is 0.743. The Morgan fingerprint density at radius 1 is 1.20 bits per heavy atom. The molecule has 1 fully saturated rings. The molecule has 1 aromatic carbocycles. The fourth-order valence-corrected chi connectivity index (χ4v) is 3.19. The second-order valence-electron chi connectivity index (χ2n) is 6.47. The number of nitrogens with one attached hydrogen (secondary N) is 1. The van der Waals surface area contributed by atoms with E-state index in [2.05, 4.69) is 10.4 Å². The van der Waals surface area contributed by atoms with Crippen LogP contribution in [0.2, 0.25) is 0 Å². The number of aliphatic hydroxyl groups excluding tert-OH is 1. The zero-order chi connectivity index (χ0) is 18.0. The third kappa shape index (κ3) is 3.96. The lowest BCUT2D eigenvalue weighted by atomic mass is 9.93. The number of halogens is 1. The lowest BCUT2D eigenvalue weighted by Crippen LogP contribution is -2.42. The van der Waals surface area contributed by atoms with Crippen LogP contribution in [-0.2, 0) is 9.59 Å². The molecule has 0 radical (unpaired) electrons. The SMILES string of the molecule is NC(=O)C1CC(C(=O)NC2CCC(O)CC2)=NN1c1ccc(F)cc1. The second kappa shape index (κ2) is 7.18. The van der Waals surface area contributed by atoms with E-state index in [4.69, 9.17) is 5.73 Å². The Balaban J connectivity index is 1.72. The minimum Gasteiger partial charge on any atom is -0.393 e. The van der Waals surface area contributed by atoms with Gasteiger partial charge in [0.2, 0.25) is 5.91 Å². The molecule has 8 heteroatoms. The summed E-state index contributed by atoms with van der Waals surface area (Å²) in [5.74, 6) is -1.34. The summed E-state index contributed by atoms with van der Waals surface area (Å²) in [7, 11) is 0. The number of amides is 2. The first kappa shape index (κ1) is 17.3. The molecular weight excluding hydrogens is 327 g/mol. The molecule has 7 nitrogen and oxygen atoms in total. The molecule has 1 saturated carbocycles. The van der Waals surface area contributed by atoms with Crippen molar-refractivity contribution in [2.24, 2.45) is 10.8 Å². The largest absolute Gasteiger partial charge is 0.393 e. The van der Waals surface area contributed by atoms with E-state index >= 15 is 0 Å². The number of carbonyl (C=O) groups excluding carboxylic acids is 2. The number of nitrogens with zero attached hydrogens (tertiary/aromatic N) is 2. The van der Waals surface area contributed by atoms with E-state index in [-0.39, 0.29) is 30.2 Å². The zero-order valence-corrected chi connectivity index (χ0v) is 13.7. The van der Waals surface area contributed by atoms with Crippen LogP contribution in [0.25, 0.3) is 0 Å². The van der Waals surface area contributed by atoms with Gasteiger partial charge in [0.25, 0.3) is 5.91 Å². The highest BCUT2D eigenvalue weighted by Crippen LogP contribution is 2.25. The molecule has 1 aliphatic heterocycles. The molecule has 2 amide bonds. The topological polar surface area (TPSA) is 108 Å². The summed E-state index contributed by atoms with van der Waals surface area (Å²) < 4.78 is 13.1. The summed E-state index contributed by atoms with van der Waals surface area (Å²) >= 11 is 0. The number of hydrogen-bond donors (Lipinski definition) is 3. The molecule has 134 valence electrons. The number of benzene rings is 1. The number of carbonyl (C=O) groups is 2. The Hall–Kier alpha value is -2.48. The van der Waals surface area contributed by atoms with E-state index in [9.17, 15) is 19.1 Å². The number of hydrazone groups is 1. The van der Waals surface area contributed by atoms with Gasteiger partial charge in [-0.15, -0.1) is 0 Å². The van der Waals surface area contributed by atoms with Crippen LogP contribution in [0.15, 0.2) is 29.4 Å². The van der Waals surface area contributed by atoms with Gasteiger partial charge in [-0.2, -0.15) is 5.10 Å². The van der Waals surface area contributed by atoms with Crippen molar-refractivity contribution in [1.82, 2.24) is 5.32 Å². The van der Waals surface area contributed by atoms with Gasteiger partial charge in [-0.1, -0.05) is 0 Å². The summed E-state index contributed by atoms with van der Waals surface area (Å²) in [5.41, 5.74) is 6.15. The highest BCUT2D eigenvalue weighted by molar-refractivity contribution is 6.40. The van der Waals surface area contributed by atoms with Gasteiger partial charge < -0.3 is 16.2 Å². The number of rotatable bonds is 4. The van der Waals surface area contributed by atoms with Crippen molar-refractivity contribution in [3.05, 3.63) is 30.1 Å². The minimum absolute atomic E-state index is 0.00880. The number of anilines is 1. The normalized spacial score (nSPS) is 26.2. The summed E-state index contributed by atoms with van der Waals surface area (Å²) in [6, 6.07) is 4.70. The van der Waals surface area contributed by atoms with Crippen LogP contribution in [0.3, 0.4) is 0 Å². The van der Waals surface area contributed by atoms with Crippen molar-refractivity contribution < 1.29 is 19.1 Å². The van der Waals surface area contributed by atoms with Gasteiger partial charge in [-0.3, -0.25) is 14.6 Å². The van der Waals surface area contributed by atoms with Gasteiger partial charge >= 0.3 is 0 Å². The monoisotopic (exact) mass is 348 g/mol. The molecule has 0 saturated heterocycles. The second-order valence-corrected chi connectivity index (χ2v) is 6.47. The molecule has 0 spiro atoms. The average molecular weight is 348 g/mol. The molecule has 0 aromatic heterocycles. The van der Waals surface area contributed by atoms with Crippen molar-refractivity contribution in [2.45, 2.75) is 50.3 Å². The van der Waals surface area contributed by atoms with Gasteiger partial charge in [-0.25, -0.2) is 4.39 Å².